The summed E-state index contributed by atoms with van der Waals surface area (Å²) in [6, 6.07) is -4.69. The summed E-state index contributed by atoms with van der Waals surface area (Å²) in [5, 5.41) is 14.1. The highest BCUT2D eigenvalue weighted by molar-refractivity contribution is 5.96. The SMILES string of the molecule is CC(C)CC(N)C(=O)NC(CC(N)=O)C(=O)NC(CCC(N)=O)C(=O)N1CCCC1C(=O)O. The molecule has 5 amide bonds. The molecule has 0 spiro atoms. The summed E-state index contributed by atoms with van der Waals surface area (Å²) >= 11 is 0. The van der Waals surface area contributed by atoms with E-state index in [4.69, 9.17) is 17.2 Å². The van der Waals surface area contributed by atoms with E-state index in [0.717, 1.165) is 4.90 Å². The molecule has 9 N–H and O–H groups in total. The number of hydrogen-bond donors (Lipinski definition) is 6. The van der Waals surface area contributed by atoms with Gasteiger partial charge in [0.05, 0.1) is 12.5 Å². The third-order valence-corrected chi connectivity index (χ3v) is 5.22. The Morgan fingerprint density at radius 3 is 2.12 bits per heavy atom. The molecule has 1 heterocycles. The van der Waals surface area contributed by atoms with E-state index >= 15 is 0 Å². The number of likely N-dealkylation sites (tertiary alicyclic amines) is 1. The third-order valence-electron chi connectivity index (χ3n) is 5.22. The van der Waals surface area contributed by atoms with Gasteiger partial charge < -0.3 is 37.8 Å². The molecule has 13 heteroatoms. The average molecular weight is 471 g/mol. The molecule has 1 saturated heterocycles. The summed E-state index contributed by atoms with van der Waals surface area (Å²) in [4.78, 5) is 73.5. The fourth-order valence-electron chi connectivity index (χ4n) is 3.61. The molecule has 1 aliphatic rings. The van der Waals surface area contributed by atoms with Gasteiger partial charge in [-0.15, -0.1) is 0 Å². The highest BCUT2D eigenvalue weighted by Crippen LogP contribution is 2.19. The van der Waals surface area contributed by atoms with E-state index in [2.05, 4.69) is 10.6 Å². The molecule has 13 nitrogen and oxygen atoms in total. The standard InChI is InChI=1S/C20H34N6O7/c1-10(2)8-11(21)17(29)25-13(9-16(23)28)18(30)24-12(5-6-15(22)27)19(31)26-7-3-4-14(26)20(32)33/h10-14H,3-9,21H2,1-2H3,(H2,22,27)(H2,23,28)(H,24,30)(H,25,29)(H,32,33). The van der Waals surface area contributed by atoms with E-state index in [1.54, 1.807) is 0 Å². The number of carboxylic acids is 1. The van der Waals surface area contributed by atoms with Crippen molar-refractivity contribution in [3.8, 4) is 0 Å². The van der Waals surface area contributed by atoms with Crippen LogP contribution in [0.15, 0.2) is 0 Å². The Balaban J connectivity index is 3.02. The Morgan fingerprint density at radius 2 is 1.61 bits per heavy atom. The van der Waals surface area contributed by atoms with Gasteiger partial charge in [-0.25, -0.2) is 4.79 Å². The Labute approximate surface area is 191 Å². The number of carboxylic acid groups (broad SMARTS) is 1. The van der Waals surface area contributed by atoms with Crippen LogP contribution in [0.25, 0.3) is 0 Å². The molecule has 0 saturated carbocycles. The lowest BCUT2D eigenvalue weighted by atomic mass is 10.0. The first kappa shape index (κ1) is 27.8. The second kappa shape index (κ2) is 12.7. The van der Waals surface area contributed by atoms with Crippen molar-refractivity contribution < 1.29 is 33.9 Å². The van der Waals surface area contributed by atoms with Gasteiger partial charge in [-0.1, -0.05) is 13.8 Å². The highest BCUT2D eigenvalue weighted by Gasteiger charge is 2.38. The Bertz CT molecular complexity index is 772. The minimum atomic E-state index is -1.41. The summed E-state index contributed by atoms with van der Waals surface area (Å²) in [7, 11) is 0. The Morgan fingerprint density at radius 1 is 1.00 bits per heavy atom. The summed E-state index contributed by atoms with van der Waals surface area (Å²) < 4.78 is 0. The summed E-state index contributed by atoms with van der Waals surface area (Å²) in [6.07, 6.45) is 0.0618. The molecule has 0 bridgehead atoms. The second-order valence-electron chi connectivity index (χ2n) is 8.56. The summed E-state index contributed by atoms with van der Waals surface area (Å²) in [5.41, 5.74) is 16.2. The molecular weight excluding hydrogens is 436 g/mol. The van der Waals surface area contributed by atoms with Crippen LogP contribution in [0.4, 0.5) is 0 Å². The fourth-order valence-corrected chi connectivity index (χ4v) is 3.61. The van der Waals surface area contributed by atoms with Gasteiger partial charge in [0.25, 0.3) is 0 Å². The first-order valence-electron chi connectivity index (χ1n) is 10.8. The van der Waals surface area contributed by atoms with Crippen molar-refractivity contribution >= 4 is 35.5 Å². The lowest BCUT2D eigenvalue weighted by Crippen LogP contribution is -2.58. The molecule has 186 valence electrons. The van der Waals surface area contributed by atoms with Crippen molar-refractivity contribution in [2.24, 2.45) is 23.1 Å². The second-order valence-corrected chi connectivity index (χ2v) is 8.56. The van der Waals surface area contributed by atoms with Gasteiger partial charge in [0.1, 0.15) is 18.1 Å². The molecule has 0 aromatic carbocycles. The van der Waals surface area contributed by atoms with Crippen LogP contribution in [0.3, 0.4) is 0 Å². The molecule has 0 aromatic heterocycles. The zero-order valence-corrected chi connectivity index (χ0v) is 18.9. The average Bonchev–Trinajstić information content (AvgIpc) is 3.19. The van der Waals surface area contributed by atoms with Crippen LogP contribution < -0.4 is 27.8 Å². The first-order valence-corrected chi connectivity index (χ1v) is 10.8. The quantitative estimate of drug-likeness (QED) is 0.169. The molecule has 33 heavy (non-hydrogen) atoms. The number of nitrogens with two attached hydrogens (primary N) is 3. The molecule has 1 fully saturated rings. The maximum atomic E-state index is 13.0. The van der Waals surface area contributed by atoms with Crippen molar-refractivity contribution in [3.63, 3.8) is 0 Å². The highest BCUT2D eigenvalue weighted by atomic mass is 16.4. The van der Waals surface area contributed by atoms with Gasteiger partial charge in [0.2, 0.25) is 29.5 Å². The lowest BCUT2D eigenvalue weighted by Gasteiger charge is -2.28. The first-order chi connectivity index (χ1) is 15.3. The fraction of sp³-hybridized carbons (Fsp3) is 0.700. The largest absolute Gasteiger partial charge is 0.480 e. The molecule has 0 radical (unpaired) electrons. The van der Waals surface area contributed by atoms with E-state index < -0.39 is 66.1 Å². The van der Waals surface area contributed by atoms with E-state index in [1.165, 1.54) is 0 Å². The predicted octanol–water partition coefficient (Wildman–Crippen LogP) is -2.45. The number of hydrogen-bond acceptors (Lipinski definition) is 7. The summed E-state index contributed by atoms with van der Waals surface area (Å²) in [5.74, 6) is -4.94. The van der Waals surface area contributed by atoms with Crippen LogP contribution in [-0.4, -0.2) is 76.2 Å². The van der Waals surface area contributed by atoms with Crippen molar-refractivity contribution in [3.05, 3.63) is 0 Å². The van der Waals surface area contributed by atoms with Gasteiger partial charge in [-0.05, 0) is 31.6 Å². The number of carbonyl (C=O) groups excluding carboxylic acids is 5. The topological polar surface area (TPSA) is 228 Å². The van der Waals surface area contributed by atoms with Crippen LogP contribution >= 0.6 is 0 Å². The monoisotopic (exact) mass is 470 g/mol. The Hall–Kier alpha value is -3.22. The smallest absolute Gasteiger partial charge is 0.326 e. The van der Waals surface area contributed by atoms with Crippen molar-refractivity contribution in [1.29, 1.82) is 0 Å². The minimum Gasteiger partial charge on any atom is -0.480 e. The number of nitrogens with one attached hydrogen (secondary N) is 2. The number of aliphatic carboxylic acids is 1. The molecule has 1 aliphatic heterocycles. The zero-order valence-electron chi connectivity index (χ0n) is 18.9. The van der Waals surface area contributed by atoms with Gasteiger partial charge in [0, 0.05) is 13.0 Å². The number of amides is 5. The number of primary amides is 2. The van der Waals surface area contributed by atoms with E-state index in [0.29, 0.717) is 12.8 Å². The molecule has 4 unspecified atom stereocenters. The van der Waals surface area contributed by atoms with Crippen molar-refractivity contribution in [2.75, 3.05) is 6.54 Å². The normalized spacial score (nSPS) is 18.3. The molecule has 0 aromatic rings. The predicted molar refractivity (Wildman–Crippen MR) is 116 cm³/mol. The number of rotatable bonds is 13. The molecule has 0 aliphatic carbocycles. The zero-order chi connectivity index (χ0) is 25.3. The van der Waals surface area contributed by atoms with Gasteiger partial charge in [-0.3, -0.25) is 24.0 Å². The van der Waals surface area contributed by atoms with Crippen LogP contribution in [0, 0.1) is 5.92 Å². The van der Waals surface area contributed by atoms with Crippen LogP contribution in [0.1, 0.15) is 52.4 Å². The van der Waals surface area contributed by atoms with E-state index in [-0.39, 0.29) is 31.7 Å². The van der Waals surface area contributed by atoms with E-state index in [1.807, 2.05) is 13.8 Å². The molecule has 4 atom stereocenters. The van der Waals surface area contributed by atoms with Crippen LogP contribution in [-0.2, 0) is 28.8 Å². The number of carbonyl (C=O) groups is 6. The summed E-state index contributed by atoms with van der Waals surface area (Å²) in [6.45, 7) is 3.89. The third kappa shape index (κ3) is 9.04. The van der Waals surface area contributed by atoms with E-state index in [9.17, 15) is 33.9 Å². The van der Waals surface area contributed by atoms with Crippen molar-refractivity contribution in [1.82, 2.24) is 15.5 Å². The lowest BCUT2D eigenvalue weighted by molar-refractivity contribution is -0.149. The minimum absolute atomic E-state index is 0.104. The molecular formula is C20H34N6O7. The van der Waals surface area contributed by atoms with Crippen LogP contribution in [0.5, 0.6) is 0 Å². The van der Waals surface area contributed by atoms with Gasteiger partial charge in [0.15, 0.2) is 0 Å². The maximum Gasteiger partial charge on any atom is 0.326 e. The Kier molecular flexibility index (Phi) is 10.7. The van der Waals surface area contributed by atoms with Gasteiger partial charge in [-0.2, -0.15) is 0 Å². The van der Waals surface area contributed by atoms with Crippen LogP contribution in [0.2, 0.25) is 0 Å². The van der Waals surface area contributed by atoms with Crippen molar-refractivity contribution in [2.45, 2.75) is 76.5 Å². The number of nitrogens with zero attached hydrogens (tertiary/aromatic N) is 1. The molecule has 1 rings (SSSR count). The maximum absolute atomic E-state index is 13.0. The van der Waals surface area contributed by atoms with Gasteiger partial charge >= 0.3 is 5.97 Å².